The van der Waals surface area contributed by atoms with Crippen molar-refractivity contribution in [2.75, 3.05) is 7.05 Å². The van der Waals surface area contributed by atoms with E-state index in [1.807, 2.05) is 7.05 Å². The van der Waals surface area contributed by atoms with Gasteiger partial charge in [-0.25, -0.2) is 0 Å². The highest BCUT2D eigenvalue weighted by Crippen LogP contribution is 2.34. The molecular weight excluding hydrogens is 200 g/mol. The Bertz CT molecular complexity index is 230. The van der Waals surface area contributed by atoms with Gasteiger partial charge in [0.2, 0.25) is 5.91 Å². The molecule has 16 heavy (non-hydrogen) atoms. The minimum absolute atomic E-state index is 0.0195. The maximum atomic E-state index is 11.1. The maximum absolute atomic E-state index is 11.1. The molecule has 3 heteroatoms. The Morgan fingerprint density at radius 3 is 2.75 bits per heavy atom. The Labute approximate surface area is 99.2 Å². The van der Waals surface area contributed by atoms with Gasteiger partial charge in [-0.2, -0.15) is 0 Å². The fraction of sp³-hybridized carbons (Fsp3) is 0.923. The molecule has 2 unspecified atom stereocenters. The van der Waals surface area contributed by atoms with E-state index in [2.05, 4.69) is 12.2 Å². The Kier molecular flexibility index (Phi) is 5.26. The van der Waals surface area contributed by atoms with Crippen molar-refractivity contribution in [1.29, 1.82) is 0 Å². The molecule has 0 aromatic rings. The van der Waals surface area contributed by atoms with Gasteiger partial charge in [-0.1, -0.05) is 32.6 Å². The molecule has 1 rings (SSSR count). The predicted octanol–water partition coefficient (Wildman–Crippen LogP) is 2.20. The van der Waals surface area contributed by atoms with Crippen molar-refractivity contribution in [3.05, 3.63) is 0 Å². The summed E-state index contributed by atoms with van der Waals surface area (Å²) in [6.07, 6.45) is 9.05. The van der Waals surface area contributed by atoms with Gasteiger partial charge in [-0.05, 0) is 32.2 Å². The van der Waals surface area contributed by atoms with Crippen LogP contribution in [-0.4, -0.2) is 18.5 Å². The lowest BCUT2D eigenvalue weighted by atomic mass is 9.86. The molecule has 0 aromatic heterocycles. The molecule has 1 saturated carbocycles. The van der Waals surface area contributed by atoms with Gasteiger partial charge < -0.3 is 11.1 Å². The second kappa shape index (κ2) is 6.24. The molecule has 0 heterocycles. The van der Waals surface area contributed by atoms with Crippen LogP contribution in [0.2, 0.25) is 0 Å². The molecule has 1 amide bonds. The highest BCUT2D eigenvalue weighted by molar-refractivity contribution is 5.75. The molecule has 0 bridgehead atoms. The minimum Gasteiger partial charge on any atom is -0.370 e. The summed E-state index contributed by atoms with van der Waals surface area (Å²) in [5.74, 6) is 0.677. The van der Waals surface area contributed by atoms with Crippen LogP contribution in [-0.2, 0) is 4.79 Å². The van der Waals surface area contributed by atoms with Gasteiger partial charge in [0, 0.05) is 12.0 Å². The zero-order valence-corrected chi connectivity index (χ0v) is 10.7. The highest BCUT2D eigenvalue weighted by atomic mass is 16.1. The number of nitrogens with one attached hydrogen (secondary N) is 1. The Hall–Kier alpha value is -0.570. The smallest absolute Gasteiger partial charge is 0.219 e. The van der Waals surface area contributed by atoms with Crippen molar-refractivity contribution < 1.29 is 4.79 Å². The summed E-state index contributed by atoms with van der Waals surface area (Å²) in [7, 11) is 1.96. The molecule has 3 N–H and O–H groups in total. The number of rotatable bonds is 5. The molecule has 1 aliphatic rings. The fourth-order valence-electron chi connectivity index (χ4n) is 3.02. The number of primary amides is 1. The molecule has 0 spiro atoms. The average Bonchev–Trinajstić information content (AvgIpc) is 2.42. The van der Waals surface area contributed by atoms with E-state index >= 15 is 0 Å². The van der Waals surface area contributed by atoms with Crippen LogP contribution in [0.1, 0.15) is 58.3 Å². The van der Waals surface area contributed by atoms with Crippen LogP contribution in [0, 0.1) is 5.92 Å². The molecule has 0 aliphatic heterocycles. The number of carbonyl (C=O) groups excluding carboxylic acids is 1. The lowest BCUT2D eigenvalue weighted by molar-refractivity contribution is -0.119. The van der Waals surface area contributed by atoms with Crippen molar-refractivity contribution in [2.45, 2.75) is 63.8 Å². The van der Waals surface area contributed by atoms with Crippen LogP contribution in [0.5, 0.6) is 0 Å². The standard InChI is InChI=1S/C13H26N2O/c1-3-5-11-6-4-8-13(15-2,9-7-11)10-12(14)16/h11,15H,3-10H2,1-2H3,(H2,14,16). The van der Waals surface area contributed by atoms with E-state index in [1.165, 1.54) is 32.1 Å². The first-order valence-corrected chi connectivity index (χ1v) is 6.59. The third-order valence-corrected chi connectivity index (χ3v) is 4.04. The number of hydrogen-bond donors (Lipinski definition) is 2. The second-order valence-corrected chi connectivity index (χ2v) is 5.26. The lowest BCUT2D eigenvalue weighted by Gasteiger charge is -2.31. The van der Waals surface area contributed by atoms with E-state index in [0.717, 1.165) is 18.8 Å². The Balaban J connectivity index is 2.57. The quantitative estimate of drug-likeness (QED) is 0.706. The van der Waals surface area contributed by atoms with Gasteiger partial charge in [-0.3, -0.25) is 4.79 Å². The molecule has 1 fully saturated rings. The maximum Gasteiger partial charge on any atom is 0.219 e. The Morgan fingerprint density at radius 2 is 2.19 bits per heavy atom. The molecular formula is C13H26N2O. The topological polar surface area (TPSA) is 55.1 Å². The normalized spacial score (nSPS) is 31.0. The van der Waals surface area contributed by atoms with Crippen LogP contribution >= 0.6 is 0 Å². The van der Waals surface area contributed by atoms with Gasteiger partial charge in [-0.15, -0.1) is 0 Å². The van der Waals surface area contributed by atoms with Crippen molar-refractivity contribution in [1.82, 2.24) is 5.32 Å². The number of hydrogen-bond acceptors (Lipinski definition) is 2. The van der Waals surface area contributed by atoms with Gasteiger partial charge >= 0.3 is 0 Å². The summed E-state index contributed by atoms with van der Waals surface area (Å²) in [6.45, 7) is 2.25. The van der Waals surface area contributed by atoms with E-state index in [0.29, 0.717) is 6.42 Å². The van der Waals surface area contributed by atoms with E-state index in [9.17, 15) is 4.79 Å². The minimum atomic E-state index is -0.178. The van der Waals surface area contributed by atoms with Crippen LogP contribution in [0.3, 0.4) is 0 Å². The largest absolute Gasteiger partial charge is 0.370 e. The number of amides is 1. The molecule has 1 aliphatic carbocycles. The monoisotopic (exact) mass is 226 g/mol. The van der Waals surface area contributed by atoms with Gasteiger partial charge in [0.05, 0.1) is 0 Å². The first-order valence-electron chi connectivity index (χ1n) is 6.59. The summed E-state index contributed by atoms with van der Waals surface area (Å²) in [5, 5.41) is 3.35. The summed E-state index contributed by atoms with van der Waals surface area (Å²) in [5.41, 5.74) is 5.33. The van der Waals surface area contributed by atoms with Crippen molar-refractivity contribution in [2.24, 2.45) is 11.7 Å². The average molecular weight is 226 g/mol. The van der Waals surface area contributed by atoms with E-state index < -0.39 is 0 Å². The van der Waals surface area contributed by atoms with Crippen LogP contribution in [0.25, 0.3) is 0 Å². The third kappa shape index (κ3) is 3.78. The molecule has 3 nitrogen and oxygen atoms in total. The summed E-state index contributed by atoms with van der Waals surface area (Å²) >= 11 is 0. The molecule has 2 atom stereocenters. The lowest BCUT2D eigenvalue weighted by Crippen LogP contribution is -2.45. The van der Waals surface area contributed by atoms with Crippen molar-refractivity contribution >= 4 is 5.91 Å². The van der Waals surface area contributed by atoms with Gasteiger partial charge in [0.25, 0.3) is 0 Å². The van der Waals surface area contributed by atoms with E-state index in [-0.39, 0.29) is 11.4 Å². The van der Waals surface area contributed by atoms with Crippen LogP contribution in [0.15, 0.2) is 0 Å². The third-order valence-electron chi connectivity index (χ3n) is 4.04. The first-order chi connectivity index (χ1) is 7.62. The summed E-state index contributed by atoms with van der Waals surface area (Å²) < 4.78 is 0. The molecule has 0 radical (unpaired) electrons. The zero-order valence-electron chi connectivity index (χ0n) is 10.7. The van der Waals surface area contributed by atoms with Crippen LogP contribution in [0.4, 0.5) is 0 Å². The van der Waals surface area contributed by atoms with E-state index in [1.54, 1.807) is 0 Å². The van der Waals surface area contributed by atoms with E-state index in [4.69, 9.17) is 5.73 Å². The van der Waals surface area contributed by atoms with Crippen LogP contribution < -0.4 is 11.1 Å². The second-order valence-electron chi connectivity index (χ2n) is 5.26. The van der Waals surface area contributed by atoms with Gasteiger partial charge in [0.1, 0.15) is 0 Å². The zero-order chi connectivity index (χ0) is 12.0. The molecule has 0 aromatic carbocycles. The summed E-state index contributed by atoms with van der Waals surface area (Å²) in [6, 6.07) is 0. The Morgan fingerprint density at radius 1 is 1.44 bits per heavy atom. The predicted molar refractivity (Wildman–Crippen MR) is 67.1 cm³/mol. The van der Waals surface area contributed by atoms with Crippen molar-refractivity contribution in [3.63, 3.8) is 0 Å². The SMILES string of the molecule is CCCC1CCCC(CC(N)=O)(NC)CC1. The number of carbonyl (C=O) groups is 1. The fourth-order valence-corrected chi connectivity index (χ4v) is 3.02. The highest BCUT2D eigenvalue weighted by Gasteiger charge is 2.32. The first kappa shape index (κ1) is 13.5. The molecule has 94 valence electrons. The molecule has 0 saturated heterocycles. The van der Waals surface area contributed by atoms with Gasteiger partial charge in [0.15, 0.2) is 0 Å². The number of nitrogens with two attached hydrogens (primary N) is 1. The summed E-state index contributed by atoms with van der Waals surface area (Å²) in [4.78, 5) is 11.1. The van der Waals surface area contributed by atoms with Crippen molar-refractivity contribution in [3.8, 4) is 0 Å².